The maximum atomic E-state index is 11.9. The third-order valence-electron chi connectivity index (χ3n) is 2.28. The maximum Gasteiger partial charge on any atom is 0.242 e. The molecule has 0 aliphatic rings. The van der Waals surface area contributed by atoms with Crippen LogP contribution >= 0.6 is 11.6 Å². The van der Waals surface area contributed by atoms with E-state index >= 15 is 0 Å². The highest BCUT2D eigenvalue weighted by Crippen LogP contribution is 2.22. The zero-order chi connectivity index (χ0) is 13.8. The highest BCUT2D eigenvalue weighted by Gasteiger charge is 2.18. The first-order valence-corrected chi connectivity index (χ1v) is 7.07. The Morgan fingerprint density at radius 2 is 2.22 bits per heavy atom. The van der Waals surface area contributed by atoms with Crippen LogP contribution in [0, 0.1) is 17.2 Å². The fourth-order valence-corrected chi connectivity index (χ4v) is 2.89. The highest BCUT2D eigenvalue weighted by molar-refractivity contribution is 7.89. The number of rotatable bonds is 5. The molecule has 0 aliphatic heterocycles. The van der Waals surface area contributed by atoms with Crippen molar-refractivity contribution in [2.75, 3.05) is 13.2 Å². The SMILES string of the molecule is CC(CO)CNS(=O)(=O)c1ccc(C#N)cc1Cl. The van der Waals surface area contributed by atoms with Gasteiger partial charge in [-0.2, -0.15) is 5.26 Å². The van der Waals surface area contributed by atoms with Crippen LogP contribution in [0.5, 0.6) is 0 Å². The van der Waals surface area contributed by atoms with Gasteiger partial charge in [-0.3, -0.25) is 0 Å². The van der Waals surface area contributed by atoms with Crippen LogP contribution in [-0.4, -0.2) is 26.7 Å². The summed E-state index contributed by atoms with van der Waals surface area (Å²) in [5.74, 6) is -0.183. The lowest BCUT2D eigenvalue weighted by Crippen LogP contribution is -2.29. The van der Waals surface area contributed by atoms with Gasteiger partial charge in [0.05, 0.1) is 16.7 Å². The predicted octanol–water partition coefficient (Wildman–Crippen LogP) is 1.12. The van der Waals surface area contributed by atoms with Crippen LogP contribution in [0.15, 0.2) is 23.1 Å². The number of nitrogens with zero attached hydrogens (tertiary/aromatic N) is 1. The van der Waals surface area contributed by atoms with Gasteiger partial charge < -0.3 is 5.11 Å². The summed E-state index contributed by atoms with van der Waals surface area (Å²) in [5, 5.41) is 17.5. The van der Waals surface area contributed by atoms with Crippen molar-refractivity contribution < 1.29 is 13.5 Å². The van der Waals surface area contributed by atoms with Crippen LogP contribution in [0.25, 0.3) is 0 Å². The highest BCUT2D eigenvalue weighted by atomic mass is 35.5. The molecule has 1 aromatic carbocycles. The second-order valence-electron chi connectivity index (χ2n) is 3.90. The summed E-state index contributed by atoms with van der Waals surface area (Å²) >= 11 is 5.82. The van der Waals surface area contributed by atoms with E-state index in [1.807, 2.05) is 6.07 Å². The van der Waals surface area contributed by atoms with Crippen LogP contribution in [0.1, 0.15) is 12.5 Å². The van der Waals surface area contributed by atoms with Crippen molar-refractivity contribution in [2.45, 2.75) is 11.8 Å². The molecule has 98 valence electrons. The lowest BCUT2D eigenvalue weighted by Gasteiger charge is -2.11. The fourth-order valence-electron chi connectivity index (χ4n) is 1.18. The summed E-state index contributed by atoms with van der Waals surface area (Å²) in [6.07, 6.45) is 0. The van der Waals surface area contributed by atoms with E-state index in [9.17, 15) is 8.42 Å². The molecule has 0 aromatic heterocycles. The monoisotopic (exact) mass is 288 g/mol. The van der Waals surface area contributed by atoms with Gasteiger partial charge in [0.15, 0.2) is 0 Å². The number of hydrogen-bond donors (Lipinski definition) is 2. The number of sulfonamides is 1. The van der Waals surface area contributed by atoms with Gasteiger partial charge in [-0.05, 0) is 24.1 Å². The molecule has 2 N–H and O–H groups in total. The van der Waals surface area contributed by atoms with E-state index in [-0.39, 0.29) is 29.0 Å². The Morgan fingerprint density at radius 1 is 1.56 bits per heavy atom. The minimum absolute atomic E-state index is 0.00167. The lowest BCUT2D eigenvalue weighted by molar-refractivity contribution is 0.238. The van der Waals surface area contributed by atoms with Crippen LogP contribution in [-0.2, 0) is 10.0 Å². The first-order chi connectivity index (χ1) is 8.40. The summed E-state index contributed by atoms with van der Waals surface area (Å²) in [6, 6.07) is 5.84. The fraction of sp³-hybridized carbons (Fsp3) is 0.364. The van der Waals surface area contributed by atoms with Gasteiger partial charge in [0, 0.05) is 13.2 Å². The molecule has 0 saturated carbocycles. The molecule has 1 aromatic rings. The van der Waals surface area contributed by atoms with Crippen molar-refractivity contribution in [3.8, 4) is 6.07 Å². The normalized spacial score (nSPS) is 13.0. The Labute approximate surface area is 111 Å². The van der Waals surface area contributed by atoms with Crippen molar-refractivity contribution in [1.29, 1.82) is 5.26 Å². The molecule has 1 rings (SSSR count). The van der Waals surface area contributed by atoms with Crippen LogP contribution in [0.2, 0.25) is 5.02 Å². The molecule has 0 aliphatic carbocycles. The first kappa shape index (κ1) is 14.9. The van der Waals surface area contributed by atoms with Gasteiger partial charge in [0.25, 0.3) is 0 Å². The van der Waals surface area contributed by atoms with E-state index in [2.05, 4.69) is 4.72 Å². The third kappa shape index (κ3) is 3.68. The van der Waals surface area contributed by atoms with Crippen LogP contribution in [0.3, 0.4) is 0 Å². The topological polar surface area (TPSA) is 90.2 Å². The second-order valence-corrected chi connectivity index (χ2v) is 6.04. The second kappa shape index (κ2) is 6.16. The van der Waals surface area contributed by atoms with Crippen molar-refractivity contribution in [3.63, 3.8) is 0 Å². The molecule has 0 saturated heterocycles. The zero-order valence-electron chi connectivity index (χ0n) is 9.72. The third-order valence-corrected chi connectivity index (χ3v) is 4.19. The minimum Gasteiger partial charge on any atom is -0.396 e. The molecule has 0 radical (unpaired) electrons. The van der Waals surface area contributed by atoms with Crippen molar-refractivity contribution in [2.24, 2.45) is 5.92 Å². The lowest BCUT2D eigenvalue weighted by atomic mass is 10.2. The van der Waals surface area contributed by atoms with Crippen molar-refractivity contribution in [1.82, 2.24) is 4.72 Å². The summed E-state index contributed by atoms with van der Waals surface area (Å²) in [4.78, 5) is -0.0756. The number of halogens is 1. The van der Waals surface area contributed by atoms with E-state index < -0.39 is 10.0 Å². The molecular formula is C11H13ClN2O3S. The standard InChI is InChI=1S/C11H13ClN2O3S/c1-8(7-15)6-14-18(16,17)11-3-2-9(5-13)4-10(11)12/h2-4,8,14-15H,6-7H2,1H3. The molecule has 7 heteroatoms. The summed E-state index contributed by atoms with van der Waals surface area (Å²) < 4.78 is 26.2. The van der Waals surface area contributed by atoms with Crippen molar-refractivity contribution in [3.05, 3.63) is 28.8 Å². The van der Waals surface area contributed by atoms with Gasteiger partial charge in [0.1, 0.15) is 4.90 Å². The largest absolute Gasteiger partial charge is 0.396 e. The summed E-state index contributed by atoms with van der Waals surface area (Å²) in [6.45, 7) is 1.72. The molecule has 1 unspecified atom stereocenters. The number of benzene rings is 1. The Kier molecular flexibility index (Phi) is 5.11. The Hall–Kier alpha value is -1.13. The maximum absolute atomic E-state index is 11.9. The number of hydrogen-bond acceptors (Lipinski definition) is 4. The summed E-state index contributed by atoms with van der Waals surface area (Å²) in [5.41, 5.74) is 0.294. The molecular weight excluding hydrogens is 276 g/mol. The molecule has 0 bridgehead atoms. The number of nitrogens with one attached hydrogen (secondary N) is 1. The Morgan fingerprint density at radius 3 is 2.72 bits per heavy atom. The quantitative estimate of drug-likeness (QED) is 0.849. The molecule has 0 fully saturated rings. The molecule has 18 heavy (non-hydrogen) atoms. The van der Waals surface area contributed by atoms with E-state index in [0.717, 1.165) is 0 Å². The molecule has 0 heterocycles. The molecule has 0 spiro atoms. The van der Waals surface area contributed by atoms with Gasteiger partial charge in [-0.1, -0.05) is 18.5 Å². The first-order valence-electron chi connectivity index (χ1n) is 5.21. The van der Waals surface area contributed by atoms with E-state index in [0.29, 0.717) is 5.56 Å². The van der Waals surface area contributed by atoms with E-state index in [1.54, 1.807) is 6.92 Å². The molecule has 5 nitrogen and oxygen atoms in total. The zero-order valence-corrected chi connectivity index (χ0v) is 11.3. The van der Waals surface area contributed by atoms with Crippen LogP contribution < -0.4 is 4.72 Å². The van der Waals surface area contributed by atoms with Gasteiger partial charge in [-0.15, -0.1) is 0 Å². The minimum atomic E-state index is -3.72. The van der Waals surface area contributed by atoms with Gasteiger partial charge in [0.2, 0.25) is 10.0 Å². The number of aliphatic hydroxyl groups excluding tert-OH is 1. The average Bonchev–Trinajstić information content (AvgIpc) is 2.35. The van der Waals surface area contributed by atoms with Crippen molar-refractivity contribution >= 4 is 21.6 Å². The smallest absolute Gasteiger partial charge is 0.242 e. The Balaban J connectivity index is 2.96. The van der Waals surface area contributed by atoms with Crippen LogP contribution in [0.4, 0.5) is 0 Å². The molecule has 1 atom stereocenters. The Bertz CT molecular complexity index is 566. The van der Waals surface area contributed by atoms with Gasteiger partial charge >= 0.3 is 0 Å². The average molecular weight is 289 g/mol. The molecule has 0 amide bonds. The van der Waals surface area contributed by atoms with E-state index in [1.165, 1.54) is 18.2 Å². The van der Waals surface area contributed by atoms with Gasteiger partial charge in [-0.25, -0.2) is 13.1 Å². The predicted molar refractivity (Wildman–Crippen MR) is 67.6 cm³/mol. The van der Waals surface area contributed by atoms with E-state index in [4.69, 9.17) is 22.0 Å². The number of nitriles is 1. The number of aliphatic hydroxyl groups is 1. The summed E-state index contributed by atoms with van der Waals surface area (Å²) in [7, 11) is -3.72.